The minimum Gasteiger partial charge on any atom is -0.367 e. The minimum atomic E-state index is -0.0656. The van der Waals surface area contributed by atoms with Gasteiger partial charge in [-0.25, -0.2) is 0 Å². The minimum absolute atomic E-state index is 0.0656. The molecule has 2 rings (SSSR count). The summed E-state index contributed by atoms with van der Waals surface area (Å²) in [5.74, 6) is 1.93. The van der Waals surface area contributed by atoms with Crippen molar-refractivity contribution in [1.82, 2.24) is 15.5 Å². The molecule has 0 aliphatic carbocycles. The van der Waals surface area contributed by atoms with E-state index in [1.807, 2.05) is 0 Å². The molecule has 0 bridgehead atoms. The lowest BCUT2D eigenvalue weighted by Gasteiger charge is -2.22. The highest BCUT2D eigenvalue weighted by atomic mass is 16.5. The monoisotopic (exact) mass is 267 g/mol. The van der Waals surface area contributed by atoms with Gasteiger partial charge in [-0.15, -0.1) is 0 Å². The quantitative estimate of drug-likeness (QED) is 0.907. The van der Waals surface area contributed by atoms with Gasteiger partial charge < -0.3 is 14.6 Å². The fourth-order valence-electron chi connectivity index (χ4n) is 2.63. The van der Waals surface area contributed by atoms with Crippen molar-refractivity contribution < 1.29 is 9.26 Å². The van der Waals surface area contributed by atoms with E-state index in [0.717, 1.165) is 31.8 Å². The van der Waals surface area contributed by atoms with Crippen LogP contribution in [-0.4, -0.2) is 29.8 Å². The normalized spacial score (nSPS) is 22.4. The van der Waals surface area contributed by atoms with Crippen molar-refractivity contribution in [2.75, 3.05) is 19.7 Å². The molecule has 2 heterocycles. The lowest BCUT2D eigenvalue weighted by molar-refractivity contribution is 0.0208. The summed E-state index contributed by atoms with van der Waals surface area (Å²) in [4.78, 5) is 4.46. The molecule has 0 amide bonds. The summed E-state index contributed by atoms with van der Waals surface area (Å²) >= 11 is 0. The van der Waals surface area contributed by atoms with E-state index in [4.69, 9.17) is 9.26 Å². The molecule has 108 valence electrons. The molecule has 1 aromatic heterocycles. The molecule has 19 heavy (non-hydrogen) atoms. The maximum Gasteiger partial charge on any atom is 0.227 e. The van der Waals surface area contributed by atoms with Crippen molar-refractivity contribution in [2.45, 2.75) is 46.6 Å². The number of nitrogens with one attached hydrogen (secondary N) is 1. The summed E-state index contributed by atoms with van der Waals surface area (Å²) in [7, 11) is 0. The van der Waals surface area contributed by atoms with Crippen LogP contribution >= 0.6 is 0 Å². The van der Waals surface area contributed by atoms with Gasteiger partial charge in [0.1, 0.15) is 6.10 Å². The van der Waals surface area contributed by atoms with Gasteiger partial charge >= 0.3 is 0 Å². The van der Waals surface area contributed by atoms with Crippen molar-refractivity contribution in [3.05, 3.63) is 11.7 Å². The summed E-state index contributed by atoms with van der Waals surface area (Å²) < 4.78 is 10.9. The van der Waals surface area contributed by atoms with Crippen molar-refractivity contribution in [1.29, 1.82) is 0 Å². The van der Waals surface area contributed by atoms with E-state index in [-0.39, 0.29) is 6.10 Å². The van der Waals surface area contributed by atoms with Crippen LogP contribution in [0.5, 0.6) is 0 Å². The van der Waals surface area contributed by atoms with Gasteiger partial charge in [-0.3, -0.25) is 0 Å². The molecule has 0 saturated carbocycles. The molecule has 0 radical (unpaired) electrons. The highest BCUT2D eigenvalue weighted by molar-refractivity contribution is 4.94. The molecule has 1 N–H and O–H groups in total. The second kappa shape index (κ2) is 6.01. The van der Waals surface area contributed by atoms with E-state index >= 15 is 0 Å². The number of hydrogen-bond donors (Lipinski definition) is 1. The van der Waals surface area contributed by atoms with Crippen molar-refractivity contribution in [3.8, 4) is 0 Å². The Kier molecular flexibility index (Phi) is 4.58. The maximum absolute atomic E-state index is 5.62. The SMILES string of the molecule is CC(Cc1nc(C2CNCCO2)no1)CC(C)(C)C. The first kappa shape index (κ1) is 14.5. The summed E-state index contributed by atoms with van der Waals surface area (Å²) in [6, 6.07) is 0. The standard InChI is InChI=1S/C14H25N3O2/c1-10(8-14(2,3)4)7-12-16-13(17-19-12)11-9-15-5-6-18-11/h10-11,15H,5-9H2,1-4H3. The Hall–Kier alpha value is -0.940. The van der Waals surface area contributed by atoms with Gasteiger partial charge in [-0.05, 0) is 17.8 Å². The van der Waals surface area contributed by atoms with E-state index in [1.165, 1.54) is 0 Å². The first-order valence-corrected chi connectivity index (χ1v) is 7.09. The zero-order chi connectivity index (χ0) is 13.9. The van der Waals surface area contributed by atoms with Crippen molar-refractivity contribution >= 4 is 0 Å². The Morgan fingerprint density at radius 1 is 1.42 bits per heavy atom. The smallest absolute Gasteiger partial charge is 0.227 e. The molecule has 1 aliphatic rings. The molecular weight excluding hydrogens is 242 g/mol. The van der Waals surface area contributed by atoms with Crippen molar-refractivity contribution in [3.63, 3.8) is 0 Å². The number of rotatable bonds is 4. The van der Waals surface area contributed by atoms with Crippen LogP contribution in [0.25, 0.3) is 0 Å². The molecule has 1 saturated heterocycles. The molecule has 5 heteroatoms. The van der Waals surface area contributed by atoms with Crippen LogP contribution in [0, 0.1) is 11.3 Å². The largest absolute Gasteiger partial charge is 0.367 e. The van der Waals surface area contributed by atoms with Crippen LogP contribution in [-0.2, 0) is 11.2 Å². The van der Waals surface area contributed by atoms with Crippen molar-refractivity contribution in [2.24, 2.45) is 11.3 Å². The third-order valence-electron chi connectivity index (χ3n) is 3.18. The molecule has 0 aromatic carbocycles. The number of morpholine rings is 1. The third kappa shape index (κ3) is 4.58. The molecule has 2 atom stereocenters. The fraction of sp³-hybridized carbons (Fsp3) is 0.857. The van der Waals surface area contributed by atoms with Gasteiger partial charge in [0.05, 0.1) is 6.61 Å². The molecule has 1 aromatic rings. The molecular formula is C14H25N3O2. The summed E-state index contributed by atoms with van der Waals surface area (Å²) in [6.45, 7) is 11.3. The number of nitrogens with zero attached hydrogens (tertiary/aromatic N) is 2. The molecule has 1 fully saturated rings. The van der Waals surface area contributed by atoms with Gasteiger partial charge in [0.15, 0.2) is 0 Å². The van der Waals surface area contributed by atoms with Gasteiger partial charge in [0.25, 0.3) is 0 Å². The van der Waals surface area contributed by atoms with Crippen LogP contribution in [0.3, 0.4) is 0 Å². The molecule has 5 nitrogen and oxygen atoms in total. The van der Waals surface area contributed by atoms with Gasteiger partial charge in [-0.1, -0.05) is 32.9 Å². The van der Waals surface area contributed by atoms with E-state index in [1.54, 1.807) is 0 Å². The zero-order valence-corrected chi connectivity index (χ0v) is 12.4. The van der Waals surface area contributed by atoms with Crippen LogP contribution < -0.4 is 5.32 Å². The second-order valence-corrected chi connectivity index (χ2v) is 6.68. The third-order valence-corrected chi connectivity index (χ3v) is 3.18. The second-order valence-electron chi connectivity index (χ2n) is 6.68. The summed E-state index contributed by atoms with van der Waals surface area (Å²) in [6.07, 6.45) is 1.92. The Labute approximate surface area is 115 Å². The van der Waals surface area contributed by atoms with Crippen LogP contribution in [0.15, 0.2) is 4.52 Å². The Bertz CT molecular complexity index is 392. The topological polar surface area (TPSA) is 60.2 Å². The number of aromatic nitrogens is 2. The van der Waals surface area contributed by atoms with Gasteiger partial charge in [-0.2, -0.15) is 4.98 Å². The van der Waals surface area contributed by atoms with E-state index in [2.05, 4.69) is 43.2 Å². The Morgan fingerprint density at radius 2 is 2.21 bits per heavy atom. The first-order valence-electron chi connectivity index (χ1n) is 7.09. The van der Waals surface area contributed by atoms with Crippen LogP contribution in [0.1, 0.15) is 51.9 Å². The Balaban J connectivity index is 1.89. The highest BCUT2D eigenvalue weighted by Crippen LogP contribution is 2.26. The lowest BCUT2D eigenvalue weighted by Crippen LogP contribution is -2.33. The van der Waals surface area contributed by atoms with Crippen LogP contribution in [0.4, 0.5) is 0 Å². The average Bonchev–Trinajstić information content (AvgIpc) is 2.76. The van der Waals surface area contributed by atoms with E-state index < -0.39 is 0 Å². The van der Waals surface area contributed by atoms with E-state index in [9.17, 15) is 0 Å². The summed E-state index contributed by atoms with van der Waals surface area (Å²) in [5.41, 5.74) is 0.332. The number of hydrogen-bond acceptors (Lipinski definition) is 5. The highest BCUT2D eigenvalue weighted by Gasteiger charge is 2.23. The predicted octanol–water partition coefficient (Wildman–Crippen LogP) is 2.35. The van der Waals surface area contributed by atoms with Gasteiger partial charge in [0, 0.05) is 19.5 Å². The van der Waals surface area contributed by atoms with Gasteiger partial charge in [0.2, 0.25) is 11.7 Å². The molecule has 1 aliphatic heterocycles. The Morgan fingerprint density at radius 3 is 2.84 bits per heavy atom. The molecule has 0 spiro atoms. The zero-order valence-electron chi connectivity index (χ0n) is 12.4. The predicted molar refractivity (Wildman–Crippen MR) is 72.8 cm³/mol. The molecule has 2 unspecified atom stereocenters. The maximum atomic E-state index is 5.62. The van der Waals surface area contributed by atoms with Crippen LogP contribution in [0.2, 0.25) is 0 Å². The average molecular weight is 267 g/mol. The number of ether oxygens (including phenoxy) is 1. The fourth-order valence-corrected chi connectivity index (χ4v) is 2.63. The summed E-state index contributed by atoms with van der Waals surface area (Å²) in [5, 5.41) is 7.31. The first-order chi connectivity index (χ1) is 8.94. The lowest BCUT2D eigenvalue weighted by atomic mass is 9.84. The van der Waals surface area contributed by atoms with E-state index in [0.29, 0.717) is 23.8 Å².